The standard InChI is InChI=1S/C38H22N4OS/c1-2-11-24(12-3-1)35-40-36(42-37(41-35)29-17-9-19-32-34(29)28-15-6-7-18-31(28)43-32)25-20-21-30-33(22-25)44-38(39-30)27-16-8-13-23-10-4-5-14-26(23)27/h1-22H. The van der Waals surface area contributed by atoms with Crippen molar-refractivity contribution >= 4 is 54.3 Å². The number of benzene rings is 6. The lowest BCUT2D eigenvalue weighted by Crippen LogP contribution is -2.00. The predicted molar refractivity (Wildman–Crippen MR) is 180 cm³/mol. The molecule has 0 bridgehead atoms. The first kappa shape index (κ1) is 24.8. The summed E-state index contributed by atoms with van der Waals surface area (Å²) in [6.07, 6.45) is 0. The minimum absolute atomic E-state index is 0.604. The normalized spacial score (nSPS) is 11.6. The molecule has 0 amide bonds. The van der Waals surface area contributed by atoms with Crippen LogP contribution in [-0.4, -0.2) is 19.9 Å². The number of hydrogen-bond acceptors (Lipinski definition) is 6. The van der Waals surface area contributed by atoms with Gasteiger partial charge in [0.25, 0.3) is 0 Å². The molecule has 3 aromatic heterocycles. The summed E-state index contributed by atoms with van der Waals surface area (Å²) in [7, 11) is 0. The van der Waals surface area contributed by atoms with Crippen LogP contribution in [-0.2, 0) is 0 Å². The molecule has 0 spiro atoms. The van der Waals surface area contributed by atoms with Gasteiger partial charge in [-0.05, 0) is 41.1 Å². The summed E-state index contributed by atoms with van der Waals surface area (Å²) in [4.78, 5) is 20.1. The molecule has 0 fully saturated rings. The van der Waals surface area contributed by atoms with Crippen LogP contribution >= 0.6 is 11.3 Å². The molecule has 206 valence electrons. The largest absolute Gasteiger partial charge is 0.456 e. The molecule has 9 rings (SSSR count). The van der Waals surface area contributed by atoms with Crippen molar-refractivity contribution in [2.75, 3.05) is 0 Å². The number of hydrogen-bond donors (Lipinski definition) is 0. The van der Waals surface area contributed by atoms with Crippen LogP contribution in [0.25, 0.3) is 87.7 Å². The fraction of sp³-hybridized carbons (Fsp3) is 0. The van der Waals surface area contributed by atoms with Crippen molar-refractivity contribution in [2.45, 2.75) is 0 Å². The van der Waals surface area contributed by atoms with Gasteiger partial charge in [0.15, 0.2) is 17.5 Å². The third-order valence-electron chi connectivity index (χ3n) is 7.98. The second-order valence-electron chi connectivity index (χ2n) is 10.7. The van der Waals surface area contributed by atoms with Crippen LogP contribution in [0.3, 0.4) is 0 Å². The molecule has 0 saturated carbocycles. The van der Waals surface area contributed by atoms with Crippen LogP contribution < -0.4 is 0 Å². The molecular weight excluding hydrogens is 561 g/mol. The number of aromatic nitrogens is 4. The summed E-state index contributed by atoms with van der Waals surface area (Å²) in [6, 6.07) is 45.2. The second-order valence-corrected chi connectivity index (χ2v) is 11.7. The summed E-state index contributed by atoms with van der Waals surface area (Å²) in [6.45, 7) is 0. The Morgan fingerprint density at radius 3 is 2.07 bits per heavy atom. The van der Waals surface area contributed by atoms with E-state index in [1.807, 2.05) is 60.7 Å². The molecule has 0 unspecified atom stereocenters. The lowest BCUT2D eigenvalue weighted by Gasteiger charge is -2.09. The van der Waals surface area contributed by atoms with Gasteiger partial charge in [0.2, 0.25) is 0 Å². The zero-order valence-electron chi connectivity index (χ0n) is 23.3. The first-order valence-corrected chi connectivity index (χ1v) is 15.2. The van der Waals surface area contributed by atoms with E-state index in [0.717, 1.165) is 59.4 Å². The molecule has 0 atom stereocenters. The Hall–Kier alpha value is -5.72. The van der Waals surface area contributed by atoms with Crippen LogP contribution in [0.2, 0.25) is 0 Å². The summed E-state index contributed by atoms with van der Waals surface area (Å²) in [5, 5.41) is 5.43. The van der Waals surface area contributed by atoms with Crippen LogP contribution in [0.5, 0.6) is 0 Å². The van der Waals surface area contributed by atoms with Gasteiger partial charge in [-0.25, -0.2) is 19.9 Å². The molecule has 5 nitrogen and oxygen atoms in total. The zero-order chi connectivity index (χ0) is 29.0. The van der Waals surface area contributed by atoms with Crippen molar-refractivity contribution in [3.05, 3.63) is 133 Å². The van der Waals surface area contributed by atoms with Crippen molar-refractivity contribution in [3.8, 4) is 44.7 Å². The molecular formula is C38H22N4OS. The number of thiazole rings is 1. The third kappa shape index (κ3) is 4.07. The van der Waals surface area contributed by atoms with Crippen LogP contribution in [0.1, 0.15) is 0 Å². The monoisotopic (exact) mass is 582 g/mol. The molecule has 0 aliphatic carbocycles. The van der Waals surface area contributed by atoms with E-state index in [1.54, 1.807) is 11.3 Å². The van der Waals surface area contributed by atoms with Crippen molar-refractivity contribution < 1.29 is 4.42 Å². The first-order chi connectivity index (χ1) is 21.8. The average molecular weight is 583 g/mol. The van der Waals surface area contributed by atoms with Gasteiger partial charge in [-0.15, -0.1) is 11.3 Å². The summed E-state index contributed by atoms with van der Waals surface area (Å²) in [5.41, 5.74) is 6.48. The average Bonchev–Trinajstić information content (AvgIpc) is 3.69. The van der Waals surface area contributed by atoms with Crippen LogP contribution in [0.15, 0.2) is 138 Å². The zero-order valence-corrected chi connectivity index (χ0v) is 24.1. The lowest BCUT2D eigenvalue weighted by molar-refractivity contribution is 0.669. The highest BCUT2D eigenvalue weighted by atomic mass is 32.1. The Morgan fingerprint density at radius 1 is 0.477 bits per heavy atom. The van der Waals surface area contributed by atoms with E-state index in [0.29, 0.717) is 17.5 Å². The molecule has 3 heterocycles. The maximum atomic E-state index is 6.18. The number of nitrogens with zero attached hydrogens (tertiary/aromatic N) is 4. The van der Waals surface area contributed by atoms with E-state index >= 15 is 0 Å². The Labute approximate surface area is 256 Å². The van der Waals surface area contributed by atoms with Gasteiger partial charge in [0, 0.05) is 33.0 Å². The first-order valence-electron chi connectivity index (χ1n) is 14.4. The smallest absolute Gasteiger partial charge is 0.164 e. The van der Waals surface area contributed by atoms with E-state index in [1.165, 1.54) is 10.8 Å². The van der Waals surface area contributed by atoms with E-state index in [9.17, 15) is 0 Å². The van der Waals surface area contributed by atoms with Crippen molar-refractivity contribution in [3.63, 3.8) is 0 Å². The van der Waals surface area contributed by atoms with Gasteiger partial charge in [-0.1, -0.05) is 103 Å². The Balaban J connectivity index is 1.23. The summed E-state index contributed by atoms with van der Waals surface area (Å²) < 4.78 is 7.26. The Morgan fingerprint density at radius 2 is 1.16 bits per heavy atom. The van der Waals surface area contributed by atoms with Crippen molar-refractivity contribution in [1.82, 2.24) is 19.9 Å². The Kier molecular flexibility index (Phi) is 5.61. The van der Waals surface area contributed by atoms with Gasteiger partial charge in [-0.2, -0.15) is 0 Å². The van der Waals surface area contributed by atoms with E-state index < -0.39 is 0 Å². The molecule has 6 aromatic carbocycles. The minimum atomic E-state index is 0.604. The van der Waals surface area contributed by atoms with E-state index in [4.69, 9.17) is 24.4 Å². The topological polar surface area (TPSA) is 64.7 Å². The number of furan rings is 1. The molecule has 0 aliphatic heterocycles. The number of para-hydroxylation sites is 1. The van der Waals surface area contributed by atoms with Gasteiger partial charge in [0.1, 0.15) is 16.2 Å². The Bertz CT molecular complexity index is 2510. The highest BCUT2D eigenvalue weighted by Crippen LogP contribution is 2.38. The molecule has 0 aliphatic rings. The lowest BCUT2D eigenvalue weighted by atomic mass is 10.1. The highest BCUT2D eigenvalue weighted by molar-refractivity contribution is 7.21. The van der Waals surface area contributed by atoms with Gasteiger partial charge in [0.05, 0.1) is 10.2 Å². The third-order valence-corrected chi connectivity index (χ3v) is 9.03. The molecule has 9 aromatic rings. The van der Waals surface area contributed by atoms with E-state index in [2.05, 4.69) is 72.8 Å². The number of fused-ring (bicyclic) bond motifs is 5. The highest BCUT2D eigenvalue weighted by Gasteiger charge is 2.18. The van der Waals surface area contributed by atoms with Crippen molar-refractivity contribution in [1.29, 1.82) is 0 Å². The van der Waals surface area contributed by atoms with Gasteiger partial charge < -0.3 is 4.42 Å². The maximum absolute atomic E-state index is 6.18. The molecule has 0 N–H and O–H groups in total. The fourth-order valence-electron chi connectivity index (χ4n) is 5.89. The number of rotatable bonds is 4. The maximum Gasteiger partial charge on any atom is 0.164 e. The molecule has 6 heteroatoms. The quantitative estimate of drug-likeness (QED) is 0.207. The predicted octanol–water partition coefficient (Wildman–Crippen LogP) is 10.2. The van der Waals surface area contributed by atoms with Crippen LogP contribution in [0.4, 0.5) is 0 Å². The SMILES string of the molecule is c1ccc(-c2nc(-c3ccc4nc(-c5cccc6ccccc56)sc4c3)nc(-c3cccc4oc5ccccc5c34)n2)cc1. The molecule has 0 saturated heterocycles. The van der Waals surface area contributed by atoms with Crippen molar-refractivity contribution in [2.24, 2.45) is 0 Å². The summed E-state index contributed by atoms with van der Waals surface area (Å²) >= 11 is 1.68. The van der Waals surface area contributed by atoms with Gasteiger partial charge in [-0.3, -0.25) is 0 Å². The van der Waals surface area contributed by atoms with Crippen LogP contribution in [0, 0.1) is 0 Å². The molecule has 44 heavy (non-hydrogen) atoms. The fourth-order valence-corrected chi connectivity index (χ4v) is 6.94. The second kappa shape index (κ2) is 9.93. The minimum Gasteiger partial charge on any atom is -0.456 e. The molecule has 0 radical (unpaired) electrons. The van der Waals surface area contributed by atoms with E-state index in [-0.39, 0.29) is 0 Å². The van der Waals surface area contributed by atoms with Gasteiger partial charge >= 0.3 is 0 Å². The summed E-state index contributed by atoms with van der Waals surface area (Å²) in [5.74, 6) is 1.84.